The predicted molar refractivity (Wildman–Crippen MR) is 50.8 cm³/mol. The summed E-state index contributed by atoms with van der Waals surface area (Å²) in [7, 11) is 1.86. The third kappa shape index (κ3) is 1.44. The zero-order valence-corrected chi connectivity index (χ0v) is 7.66. The van der Waals surface area contributed by atoms with Crippen LogP contribution in [0.5, 0.6) is 0 Å². The van der Waals surface area contributed by atoms with Crippen LogP contribution in [0.15, 0.2) is 29.9 Å². The minimum Gasteiger partial charge on any atom is -0.335 e. The van der Waals surface area contributed by atoms with Crippen molar-refractivity contribution in [2.45, 2.75) is 18.9 Å². The van der Waals surface area contributed by atoms with E-state index in [1.165, 1.54) is 5.57 Å². The molecule has 0 aromatic heterocycles. The van der Waals surface area contributed by atoms with Crippen LogP contribution in [-0.2, 0) is 4.79 Å². The van der Waals surface area contributed by atoms with E-state index in [4.69, 9.17) is 0 Å². The summed E-state index contributed by atoms with van der Waals surface area (Å²) in [5.41, 5.74) is 1.19. The number of rotatable bonds is 0. The number of amides is 1. The highest BCUT2D eigenvalue weighted by molar-refractivity contribution is 5.78. The van der Waals surface area contributed by atoms with E-state index in [0.29, 0.717) is 6.42 Å². The van der Waals surface area contributed by atoms with Crippen molar-refractivity contribution < 1.29 is 4.79 Å². The number of fused-ring (bicyclic) bond motifs is 1. The van der Waals surface area contributed by atoms with Crippen molar-refractivity contribution in [2.75, 3.05) is 7.05 Å². The molecule has 2 rings (SSSR count). The molecular weight excluding hydrogens is 162 g/mol. The smallest absolute Gasteiger partial charge is 0.223 e. The summed E-state index contributed by atoms with van der Waals surface area (Å²) < 4.78 is 0. The lowest BCUT2D eigenvalue weighted by atomic mass is 10.0. The number of allylic oxidation sites excluding steroid dienone is 3. The number of carbonyl (C=O) groups is 1. The predicted octanol–water partition coefficient (Wildman–Crippen LogP) is 1.46. The van der Waals surface area contributed by atoms with Gasteiger partial charge in [-0.3, -0.25) is 4.79 Å². The van der Waals surface area contributed by atoms with Gasteiger partial charge in [0.1, 0.15) is 0 Å². The maximum Gasteiger partial charge on any atom is 0.223 e. The molecule has 1 radical (unpaired) electrons. The van der Waals surface area contributed by atoms with Gasteiger partial charge in [-0.05, 0) is 24.1 Å². The minimum atomic E-state index is 0.135. The molecule has 2 nitrogen and oxygen atoms in total. The molecule has 1 aliphatic heterocycles. The van der Waals surface area contributed by atoms with Crippen molar-refractivity contribution in [3.05, 3.63) is 36.0 Å². The van der Waals surface area contributed by atoms with Gasteiger partial charge in [-0.2, -0.15) is 0 Å². The second-order valence-corrected chi connectivity index (χ2v) is 3.36. The molecule has 0 aromatic rings. The summed E-state index contributed by atoms with van der Waals surface area (Å²) in [4.78, 5) is 13.3. The average molecular weight is 174 g/mol. The highest BCUT2D eigenvalue weighted by atomic mass is 16.2. The Morgan fingerprint density at radius 3 is 3.31 bits per heavy atom. The first-order valence-corrected chi connectivity index (χ1v) is 4.50. The second kappa shape index (κ2) is 3.21. The van der Waals surface area contributed by atoms with Crippen molar-refractivity contribution in [3.8, 4) is 0 Å². The van der Waals surface area contributed by atoms with E-state index >= 15 is 0 Å². The van der Waals surface area contributed by atoms with E-state index in [0.717, 1.165) is 6.42 Å². The molecule has 0 N–H and O–H groups in total. The lowest BCUT2D eigenvalue weighted by Gasteiger charge is -2.26. The van der Waals surface area contributed by atoms with Gasteiger partial charge in [0.15, 0.2) is 0 Å². The molecule has 67 valence electrons. The van der Waals surface area contributed by atoms with Crippen LogP contribution in [-0.4, -0.2) is 23.9 Å². The number of hydrogen-bond donors (Lipinski definition) is 0. The molecule has 1 unspecified atom stereocenters. The Hall–Kier alpha value is -1.31. The number of carbonyl (C=O) groups excluding carboxylic acids is 1. The highest BCUT2D eigenvalue weighted by Crippen LogP contribution is 2.21. The third-order valence-corrected chi connectivity index (χ3v) is 2.52. The van der Waals surface area contributed by atoms with E-state index < -0.39 is 0 Å². The van der Waals surface area contributed by atoms with Gasteiger partial charge in [0.25, 0.3) is 0 Å². The summed E-state index contributed by atoms with van der Waals surface area (Å²) in [5.74, 6) is 0.219. The van der Waals surface area contributed by atoms with Gasteiger partial charge in [-0.25, -0.2) is 0 Å². The maximum absolute atomic E-state index is 11.5. The zero-order valence-electron chi connectivity index (χ0n) is 7.66. The lowest BCUT2D eigenvalue weighted by molar-refractivity contribution is -0.130. The Labute approximate surface area is 78.2 Å². The largest absolute Gasteiger partial charge is 0.335 e. The monoisotopic (exact) mass is 174 g/mol. The molecule has 1 amide bonds. The highest BCUT2D eigenvalue weighted by Gasteiger charge is 2.23. The molecule has 13 heavy (non-hydrogen) atoms. The number of nitrogens with zero attached hydrogens (tertiary/aromatic N) is 1. The van der Waals surface area contributed by atoms with Gasteiger partial charge in [-0.15, -0.1) is 0 Å². The van der Waals surface area contributed by atoms with Crippen molar-refractivity contribution in [1.82, 2.24) is 4.90 Å². The van der Waals surface area contributed by atoms with Gasteiger partial charge in [0, 0.05) is 13.5 Å². The molecule has 1 aliphatic carbocycles. The topological polar surface area (TPSA) is 20.3 Å². The number of likely N-dealkylation sites (N-methyl/N-ethyl adjacent to an activating group) is 1. The zero-order chi connectivity index (χ0) is 9.26. The van der Waals surface area contributed by atoms with Crippen LogP contribution in [0.1, 0.15) is 12.8 Å². The minimum absolute atomic E-state index is 0.135. The molecule has 0 bridgehead atoms. The Kier molecular flexibility index (Phi) is 2.05. The van der Waals surface area contributed by atoms with Crippen molar-refractivity contribution in [3.63, 3.8) is 0 Å². The van der Waals surface area contributed by atoms with E-state index in [1.807, 2.05) is 25.3 Å². The summed E-state index contributed by atoms with van der Waals surface area (Å²) in [6, 6.07) is 0.135. The molecule has 0 spiro atoms. The average Bonchev–Trinajstić information content (AvgIpc) is 2.29. The Balaban J connectivity index is 2.32. The molecule has 0 saturated heterocycles. The van der Waals surface area contributed by atoms with Crippen LogP contribution < -0.4 is 0 Å². The fourth-order valence-corrected chi connectivity index (χ4v) is 1.71. The molecule has 0 saturated carbocycles. The fourth-order valence-electron chi connectivity index (χ4n) is 1.71. The van der Waals surface area contributed by atoms with Crippen LogP contribution in [0.4, 0.5) is 0 Å². The quantitative estimate of drug-likeness (QED) is 0.544. The molecule has 0 aromatic carbocycles. The van der Waals surface area contributed by atoms with E-state index in [2.05, 4.69) is 12.2 Å². The van der Waals surface area contributed by atoms with Crippen LogP contribution in [0, 0.1) is 6.08 Å². The van der Waals surface area contributed by atoms with Crippen LogP contribution in [0.2, 0.25) is 0 Å². The summed E-state index contributed by atoms with van der Waals surface area (Å²) in [6.07, 6.45) is 12.5. The standard InChI is InChI=1S/C11H12NO/c1-12-10-7-3-2-5-9(10)6-4-8-11(12)13/h3,5-7,10H,4,8H2,1H3. The summed E-state index contributed by atoms with van der Waals surface area (Å²) >= 11 is 0. The van der Waals surface area contributed by atoms with E-state index in [1.54, 1.807) is 4.90 Å². The Bertz CT molecular complexity index is 312. The molecule has 0 fully saturated rings. The van der Waals surface area contributed by atoms with Crippen LogP contribution in [0.25, 0.3) is 0 Å². The molecule has 1 heterocycles. The van der Waals surface area contributed by atoms with E-state index in [9.17, 15) is 4.79 Å². The molecular formula is C11H12NO. The van der Waals surface area contributed by atoms with Gasteiger partial charge in [0.05, 0.1) is 6.04 Å². The number of hydrogen-bond acceptors (Lipinski definition) is 1. The van der Waals surface area contributed by atoms with Gasteiger partial charge in [0.2, 0.25) is 5.91 Å². The first-order chi connectivity index (χ1) is 6.29. The van der Waals surface area contributed by atoms with E-state index in [-0.39, 0.29) is 11.9 Å². The molecule has 2 aliphatic rings. The Morgan fingerprint density at radius 1 is 1.62 bits per heavy atom. The van der Waals surface area contributed by atoms with Crippen LogP contribution in [0.3, 0.4) is 0 Å². The van der Waals surface area contributed by atoms with Crippen molar-refractivity contribution in [1.29, 1.82) is 0 Å². The fraction of sp³-hybridized carbons (Fsp3) is 0.364. The second-order valence-electron chi connectivity index (χ2n) is 3.36. The lowest BCUT2D eigenvalue weighted by Crippen LogP contribution is -2.35. The summed E-state index contributed by atoms with van der Waals surface area (Å²) in [5, 5.41) is 0. The Morgan fingerprint density at radius 2 is 2.46 bits per heavy atom. The third-order valence-electron chi connectivity index (χ3n) is 2.52. The molecule has 1 atom stereocenters. The van der Waals surface area contributed by atoms with Gasteiger partial charge >= 0.3 is 0 Å². The van der Waals surface area contributed by atoms with Gasteiger partial charge < -0.3 is 4.90 Å². The van der Waals surface area contributed by atoms with Crippen LogP contribution >= 0.6 is 0 Å². The normalized spacial score (nSPS) is 26.8. The molecule has 2 heteroatoms. The summed E-state index contributed by atoms with van der Waals surface area (Å²) in [6.45, 7) is 0. The first-order valence-electron chi connectivity index (χ1n) is 4.50. The maximum atomic E-state index is 11.5. The van der Waals surface area contributed by atoms with Gasteiger partial charge in [-0.1, -0.05) is 18.2 Å². The SMILES string of the molecule is CN1C(=O)CCC=C2C=[C]C=CC21. The van der Waals surface area contributed by atoms with Crippen molar-refractivity contribution >= 4 is 5.91 Å². The first kappa shape index (κ1) is 8.30. The van der Waals surface area contributed by atoms with Crippen molar-refractivity contribution in [2.24, 2.45) is 0 Å².